The minimum atomic E-state index is -0.437. The largest absolute Gasteiger partial charge is 0.378 e. The molecule has 0 heterocycles. The predicted molar refractivity (Wildman–Crippen MR) is 68.6 cm³/mol. The second kappa shape index (κ2) is 5.83. The Morgan fingerprint density at radius 1 is 1.47 bits per heavy atom. The molecule has 0 spiro atoms. The summed E-state index contributed by atoms with van der Waals surface area (Å²) in [6.07, 6.45) is 3.24. The Morgan fingerprint density at radius 3 is 2.47 bits per heavy atom. The molecular weight excluding hydrogens is 216 g/mol. The van der Waals surface area contributed by atoms with Gasteiger partial charge >= 0.3 is 0 Å². The number of carbonyl (C=O) groups excluding carboxylic acids is 1. The maximum atomic E-state index is 11.7. The molecule has 0 aliphatic heterocycles. The molecule has 3 N–H and O–H groups in total. The number of rotatable bonds is 6. The standard InChI is InChI=1S/C13H26N2O2/c1-5-13(6-2)10(8-11(13)17-7-3)15-12(16)9(4)14/h9-11H,5-8,14H2,1-4H3,(H,15,16)/t9-,10?,11?/m1/s1. The van der Waals surface area contributed by atoms with E-state index in [0.29, 0.717) is 0 Å². The van der Waals surface area contributed by atoms with Crippen LogP contribution >= 0.6 is 0 Å². The summed E-state index contributed by atoms with van der Waals surface area (Å²) in [6, 6.07) is -0.222. The van der Waals surface area contributed by atoms with E-state index in [4.69, 9.17) is 10.5 Å². The van der Waals surface area contributed by atoms with E-state index in [0.717, 1.165) is 25.9 Å². The molecule has 100 valence electrons. The van der Waals surface area contributed by atoms with Gasteiger partial charge in [-0.15, -0.1) is 0 Å². The van der Waals surface area contributed by atoms with E-state index in [9.17, 15) is 4.79 Å². The molecule has 0 radical (unpaired) electrons. The average molecular weight is 242 g/mol. The molecule has 1 saturated carbocycles. The molecule has 0 saturated heterocycles. The van der Waals surface area contributed by atoms with E-state index in [1.54, 1.807) is 6.92 Å². The minimum absolute atomic E-state index is 0.0591. The van der Waals surface area contributed by atoms with Gasteiger partial charge in [0.1, 0.15) is 0 Å². The topological polar surface area (TPSA) is 64.3 Å². The van der Waals surface area contributed by atoms with Gasteiger partial charge in [0, 0.05) is 18.1 Å². The maximum absolute atomic E-state index is 11.7. The van der Waals surface area contributed by atoms with Crippen LogP contribution in [0.2, 0.25) is 0 Å². The third-order valence-electron chi connectivity index (χ3n) is 4.20. The Morgan fingerprint density at radius 2 is 2.06 bits per heavy atom. The Hall–Kier alpha value is -0.610. The normalized spacial score (nSPS) is 28.3. The minimum Gasteiger partial charge on any atom is -0.378 e. The Kier molecular flexibility index (Phi) is 4.95. The molecule has 0 aromatic heterocycles. The van der Waals surface area contributed by atoms with Crippen LogP contribution in [0.15, 0.2) is 0 Å². The molecule has 4 nitrogen and oxygen atoms in total. The van der Waals surface area contributed by atoms with Gasteiger partial charge in [-0.25, -0.2) is 0 Å². The van der Waals surface area contributed by atoms with Gasteiger partial charge in [0.15, 0.2) is 0 Å². The van der Waals surface area contributed by atoms with Gasteiger partial charge < -0.3 is 15.8 Å². The second-order valence-corrected chi connectivity index (χ2v) is 4.97. The summed E-state index contributed by atoms with van der Waals surface area (Å²) in [4.78, 5) is 11.7. The van der Waals surface area contributed by atoms with Gasteiger partial charge in [-0.05, 0) is 33.1 Å². The quantitative estimate of drug-likeness (QED) is 0.740. The van der Waals surface area contributed by atoms with Crippen molar-refractivity contribution in [2.24, 2.45) is 11.1 Å². The molecule has 0 bridgehead atoms. The molecule has 0 aromatic carbocycles. The van der Waals surface area contributed by atoms with Crippen LogP contribution < -0.4 is 11.1 Å². The number of hydrogen-bond donors (Lipinski definition) is 2. The number of nitrogens with one attached hydrogen (secondary N) is 1. The van der Waals surface area contributed by atoms with Gasteiger partial charge in [-0.1, -0.05) is 13.8 Å². The van der Waals surface area contributed by atoms with Crippen LogP contribution in [0.4, 0.5) is 0 Å². The molecule has 1 fully saturated rings. The zero-order valence-corrected chi connectivity index (χ0v) is 11.5. The van der Waals surface area contributed by atoms with Crippen molar-refractivity contribution >= 4 is 5.91 Å². The Balaban J connectivity index is 2.66. The van der Waals surface area contributed by atoms with Gasteiger partial charge in [0.25, 0.3) is 0 Å². The van der Waals surface area contributed by atoms with E-state index in [-0.39, 0.29) is 23.5 Å². The van der Waals surface area contributed by atoms with Crippen LogP contribution in [0.1, 0.15) is 47.0 Å². The highest BCUT2D eigenvalue weighted by atomic mass is 16.5. The zero-order valence-electron chi connectivity index (χ0n) is 11.5. The zero-order chi connectivity index (χ0) is 13.1. The van der Waals surface area contributed by atoms with Crippen molar-refractivity contribution < 1.29 is 9.53 Å². The molecule has 1 aliphatic rings. The van der Waals surface area contributed by atoms with Crippen LogP contribution in [0.25, 0.3) is 0 Å². The molecular formula is C13H26N2O2. The number of hydrogen-bond acceptors (Lipinski definition) is 3. The highest BCUT2D eigenvalue weighted by Gasteiger charge is 2.53. The van der Waals surface area contributed by atoms with Crippen LogP contribution in [0.3, 0.4) is 0 Å². The lowest BCUT2D eigenvalue weighted by atomic mass is 9.58. The monoisotopic (exact) mass is 242 g/mol. The fourth-order valence-corrected chi connectivity index (χ4v) is 2.89. The fraction of sp³-hybridized carbons (Fsp3) is 0.923. The third-order valence-corrected chi connectivity index (χ3v) is 4.20. The highest BCUT2D eigenvalue weighted by molar-refractivity contribution is 5.81. The van der Waals surface area contributed by atoms with Crippen molar-refractivity contribution in [1.82, 2.24) is 5.32 Å². The molecule has 4 heteroatoms. The lowest BCUT2D eigenvalue weighted by Crippen LogP contribution is -2.65. The molecule has 1 aliphatic carbocycles. The summed E-state index contributed by atoms with van der Waals surface area (Å²) < 4.78 is 5.77. The molecule has 17 heavy (non-hydrogen) atoms. The maximum Gasteiger partial charge on any atom is 0.236 e. The van der Waals surface area contributed by atoms with Gasteiger partial charge in [0.2, 0.25) is 5.91 Å². The van der Waals surface area contributed by atoms with Crippen molar-refractivity contribution in [2.75, 3.05) is 6.61 Å². The Labute approximate surface area is 104 Å². The summed E-state index contributed by atoms with van der Waals surface area (Å²) in [5.41, 5.74) is 5.68. The van der Waals surface area contributed by atoms with E-state index in [1.807, 2.05) is 6.92 Å². The third kappa shape index (κ3) is 2.63. The summed E-state index contributed by atoms with van der Waals surface area (Å²) in [5, 5.41) is 3.05. The van der Waals surface area contributed by atoms with Crippen molar-refractivity contribution in [3.63, 3.8) is 0 Å². The predicted octanol–water partition coefficient (Wildman–Crippen LogP) is 1.43. The molecule has 1 rings (SSSR count). The van der Waals surface area contributed by atoms with Crippen LogP contribution in [-0.4, -0.2) is 30.7 Å². The fourth-order valence-electron chi connectivity index (χ4n) is 2.89. The molecule has 2 unspecified atom stereocenters. The number of carbonyl (C=O) groups is 1. The van der Waals surface area contributed by atoms with Crippen molar-refractivity contribution in [3.8, 4) is 0 Å². The highest BCUT2D eigenvalue weighted by Crippen LogP contribution is 2.48. The summed E-state index contributed by atoms with van der Waals surface area (Å²) in [6.45, 7) is 8.80. The Bertz CT molecular complexity index is 262. The van der Waals surface area contributed by atoms with Crippen molar-refractivity contribution in [2.45, 2.75) is 65.1 Å². The van der Waals surface area contributed by atoms with Crippen LogP contribution in [0, 0.1) is 5.41 Å². The average Bonchev–Trinajstić information content (AvgIpc) is 2.29. The second-order valence-electron chi connectivity index (χ2n) is 4.97. The van der Waals surface area contributed by atoms with Crippen LogP contribution in [-0.2, 0) is 9.53 Å². The number of ether oxygens (including phenoxy) is 1. The lowest BCUT2D eigenvalue weighted by molar-refractivity contribution is -0.149. The first-order chi connectivity index (χ1) is 8.01. The number of amides is 1. The SMILES string of the molecule is CCOC1CC(NC(=O)[C@@H](C)N)C1(CC)CC. The smallest absolute Gasteiger partial charge is 0.236 e. The van der Waals surface area contributed by atoms with E-state index >= 15 is 0 Å². The molecule has 3 atom stereocenters. The summed E-state index contributed by atoms with van der Waals surface area (Å²) in [5.74, 6) is -0.0591. The van der Waals surface area contributed by atoms with Crippen molar-refractivity contribution in [1.29, 1.82) is 0 Å². The van der Waals surface area contributed by atoms with Gasteiger partial charge in [0.05, 0.1) is 12.1 Å². The first kappa shape index (κ1) is 14.5. The van der Waals surface area contributed by atoms with E-state index in [2.05, 4.69) is 19.2 Å². The summed E-state index contributed by atoms with van der Waals surface area (Å²) in [7, 11) is 0. The lowest BCUT2D eigenvalue weighted by Gasteiger charge is -2.55. The van der Waals surface area contributed by atoms with E-state index < -0.39 is 6.04 Å². The molecule has 0 aromatic rings. The van der Waals surface area contributed by atoms with E-state index in [1.165, 1.54) is 0 Å². The van der Waals surface area contributed by atoms with Gasteiger partial charge in [-0.2, -0.15) is 0 Å². The molecule has 1 amide bonds. The van der Waals surface area contributed by atoms with Crippen molar-refractivity contribution in [3.05, 3.63) is 0 Å². The first-order valence-electron chi connectivity index (χ1n) is 6.69. The summed E-state index contributed by atoms with van der Waals surface area (Å²) >= 11 is 0. The number of nitrogens with two attached hydrogens (primary N) is 1. The first-order valence-corrected chi connectivity index (χ1v) is 6.69. The van der Waals surface area contributed by atoms with Crippen LogP contribution in [0.5, 0.6) is 0 Å². The van der Waals surface area contributed by atoms with Gasteiger partial charge in [-0.3, -0.25) is 4.79 Å².